The van der Waals surface area contributed by atoms with Crippen molar-refractivity contribution in [3.8, 4) is 0 Å². The molecule has 0 aliphatic carbocycles. The average Bonchev–Trinajstić information content (AvgIpc) is 3.07. The lowest BCUT2D eigenvalue weighted by atomic mass is 10.1. The molecule has 1 N–H and O–H groups in total. The summed E-state index contributed by atoms with van der Waals surface area (Å²) in [7, 11) is 0. The lowest BCUT2D eigenvalue weighted by Gasteiger charge is -2.18. The number of fused-ring (bicyclic) bond motifs is 1. The van der Waals surface area contributed by atoms with E-state index in [4.69, 9.17) is 0 Å². The summed E-state index contributed by atoms with van der Waals surface area (Å²) >= 11 is 0. The number of imide groups is 1. The minimum atomic E-state index is -1.06. The van der Waals surface area contributed by atoms with Gasteiger partial charge in [0.05, 0.1) is 30.3 Å². The van der Waals surface area contributed by atoms with E-state index < -0.39 is 22.8 Å². The Morgan fingerprint density at radius 3 is 2.30 bits per heavy atom. The van der Waals surface area contributed by atoms with Gasteiger partial charge in [0.25, 0.3) is 11.8 Å². The van der Waals surface area contributed by atoms with E-state index in [0.717, 1.165) is 4.90 Å². The van der Waals surface area contributed by atoms with Crippen LogP contribution in [0.1, 0.15) is 20.7 Å². The zero-order chi connectivity index (χ0) is 16.6. The standard InChI is InChI=1S/C14H12N4O5/c19-9(5-16-7-12(15-8-16)18(22)23)6-17-13(20)10-3-1-2-4-11(10)14(17)21/h1-4,7-9,19H,5-6H2. The van der Waals surface area contributed by atoms with Gasteiger partial charge in [0.1, 0.15) is 6.20 Å². The van der Waals surface area contributed by atoms with Crippen LogP contribution in [0, 0.1) is 10.1 Å². The molecule has 9 heteroatoms. The Kier molecular flexibility index (Phi) is 3.62. The molecule has 23 heavy (non-hydrogen) atoms. The molecule has 0 saturated heterocycles. The molecule has 1 aromatic heterocycles. The number of β-amino-alcohol motifs (C(OH)–C–C–N with tert-alkyl or cyclic N) is 1. The zero-order valence-electron chi connectivity index (χ0n) is 11.8. The highest BCUT2D eigenvalue weighted by molar-refractivity contribution is 6.21. The molecular weight excluding hydrogens is 304 g/mol. The van der Waals surface area contributed by atoms with Gasteiger partial charge in [0.15, 0.2) is 0 Å². The second-order valence-electron chi connectivity index (χ2n) is 5.11. The van der Waals surface area contributed by atoms with E-state index in [1.54, 1.807) is 24.3 Å². The normalized spacial score (nSPS) is 14.9. The van der Waals surface area contributed by atoms with Crippen LogP contribution in [-0.2, 0) is 6.54 Å². The summed E-state index contributed by atoms with van der Waals surface area (Å²) in [4.78, 5) is 38.8. The molecule has 118 valence electrons. The first-order valence-corrected chi connectivity index (χ1v) is 6.77. The topological polar surface area (TPSA) is 119 Å². The summed E-state index contributed by atoms with van der Waals surface area (Å²) in [6.07, 6.45) is 1.32. The van der Waals surface area contributed by atoms with Gasteiger partial charge in [-0.25, -0.2) is 0 Å². The van der Waals surface area contributed by atoms with Crippen molar-refractivity contribution in [1.29, 1.82) is 0 Å². The van der Waals surface area contributed by atoms with Crippen LogP contribution in [0.25, 0.3) is 0 Å². The van der Waals surface area contributed by atoms with Crippen molar-refractivity contribution in [3.05, 3.63) is 58.0 Å². The Bertz CT molecular complexity index is 765. The number of nitro groups is 1. The van der Waals surface area contributed by atoms with E-state index in [9.17, 15) is 24.8 Å². The summed E-state index contributed by atoms with van der Waals surface area (Å²) in [5.74, 6) is -1.25. The highest BCUT2D eigenvalue weighted by Crippen LogP contribution is 2.22. The van der Waals surface area contributed by atoms with Crippen LogP contribution in [0.4, 0.5) is 5.82 Å². The fourth-order valence-electron chi connectivity index (χ4n) is 2.46. The largest absolute Gasteiger partial charge is 0.389 e. The fraction of sp³-hybridized carbons (Fsp3) is 0.214. The molecule has 1 aliphatic heterocycles. The predicted molar refractivity (Wildman–Crippen MR) is 76.7 cm³/mol. The average molecular weight is 316 g/mol. The van der Waals surface area contributed by atoms with Crippen LogP contribution in [0.15, 0.2) is 36.8 Å². The van der Waals surface area contributed by atoms with Gasteiger partial charge >= 0.3 is 5.82 Å². The Morgan fingerprint density at radius 2 is 1.78 bits per heavy atom. The first-order chi connectivity index (χ1) is 11.0. The molecule has 1 aliphatic rings. The van der Waals surface area contributed by atoms with Crippen molar-refractivity contribution in [3.63, 3.8) is 0 Å². The van der Waals surface area contributed by atoms with Crippen molar-refractivity contribution in [2.45, 2.75) is 12.6 Å². The van der Waals surface area contributed by atoms with Gasteiger partial charge in [-0.15, -0.1) is 0 Å². The minimum Gasteiger partial charge on any atom is -0.389 e. The number of carbonyl (C=O) groups is 2. The molecule has 1 unspecified atom stereocenters. The molecule has 3 rings (SSSR count). The third kappa shape index (κ3) is 2.69. The number of hydrogen-bond donors (Lipinski definition) is 1. The quantitative estimate of drug-likeness (QED) is 0.486. The number of benzene rings is 1. The van der Waals surface area contributed by atoms with Crippen molar-refractivity contribution in [2.24, 2.45) is 0 Å². The number of hydrogen-bond acceptors (Lipinski definition) is 6. The summed E-state index contributed by atoms with van der Waals surface area (Å²) in [6.45, 7) is -0.216. The molecule has 0 radical (unpaired) electrons. The Hall–Kier alpha value is -3.07. The summed E-state index contributed by atoms with van der Waals surface area (Å²) in [5, 5.41) is 20.6. The van der Waals surface area contributed by atoms with Gasteiger partial charge in [0.2, 0.25) is 6.33 Å². The van der Waals surface area contributed by atoms with Crippen LogP contribution < -0.4 is 0 Å². The Balaban J connectivity index is 1.69. The Labute approximate surface area is 129 Å². The predicted octanol–water partition coefficient (Wildman–Crippen LogP) is 0.448. The van der Waals surface area contributed by atoms with Gasteiger partial charge in [-0.3, -0.25) is 14.5 Å². The summed E-state index contributed by atoms with van der Waals surface area (Å²) < 4.78 is 1.33. The number of aliphatic hydroxyl groups is 1. The highest BCUT2D eigenvalue weighted by Gasteiger charge is 2.36. The number of rotatable bonds is 5. The summed E-state index contributed by atoms with van der Waals surface area (Å²) in [5.41, 5.74) is 0.617. The van der Waals surface area contributed by atoms with E-state index in [1.807, 2.05) is 0 Å². The molecule has 2 heterocycles. The molecule has 2 aromatic rings. The maximum absolute atomic E-state index is 12.2. The monoisotopic (exact) mass is 316 g/mol. The first kappa shape index (κ1) is 14.9. The fourth-order valence-corrected chi connectivity index (χ4v) is 2.46. The third-order valence-corrected chi connectivity index (χ3v) is 3.50. The zero-order valence-corrected chi connectivity index (χ0v) is 11.8. The van der Waals surface area contributed by atoms with Gasteiger partial charge in [-0.2, -0.15) is 0 Å². The second kappa shape index (κ2) is 5.61. The maximum Gasteiger partial charge on any atom is 0.381 e. The second-order valence-corrected chi connectivity index (χ2v) is 5.11. The number of nitrogens with zero attached hydrogens (tertiary/aromatic N) is 4. The minimum absolute atomic E-state index is 0.0196. The van der Waals surface area contributed by atoms with E-state index in [1.165, 1.54) is 17.1 Å². The third-order valence-electron chi connectivity index (χ3n) is 3.50. The van der Waals surface area contributed by atoms with Crippen molar-refractivity contribution in [1.82, 2.24) is 14.5 Å². The molecule has 2 amide bonds. The lowest BCUT2D eigenvalue weighted by Crippen LogP contribution is -2.38. The van der Waals surface area contributed by atoms with E-state index >= 15 is 0 Å². The van der Waals surface area contributed by atoms with Crippen LogP contribution in [0.2, 0.25) is 0 Å². The molecule has 9 nitrogen and oxygen atoms in total. The van der Waals surface area contributed by atoms with Crippen LogP contribution in [-0.4, -0.2) is 48.9 Å². The van der Waals surface area contributed by atoms with Crippen LogP contribution >= 0.6 is 0 Å². The number of imidazole rings is 1. The molecule has 1 atom stereocenters. The summed E-state index contributed by atoms with van der Waals surface area (Å²) in [6, 6.07) is 6.44. The highest BCUT2D eigenvalue weighted by atomic mass is 16.6. The molecule has 0 spiro atoms. The molecule has 0 fully saturated rings. The van der Waals surface area contributed by atoms with E-state index in [2.05, 4.69) is 4.98 Å². The number of amides is 2. The van der Waals surface area contributed by atoms with Gasteiger partial charge in [-0.05, 0) is 22.0 Å². The van der Waals surface area contributed by atoms with E-state index in [0.29, 0.717) is 11.1 Å². The number of aliphatic hydroxyl groups excluding tert-OH is 1. The number of carbonyl (C=O) groups excluding carboxylic acids is 2. The smallest absolute Gasteiger partial charge is 0.381 e. The Morgan fingerprint density at radius 1 is 1.17 bits per heavy atom. The first-order valence-electron chi connectivity index (χ1n) is 6.77. The molecule has 0 saturated carbocycles. The van der Waals surface area contributed by atoms with Crippen LogP contribution in [0.5, 0.6) is 0 Å². The van der Waals surface area contributed by atoms with Gasteiger partial charge < -0.3 is 19.8 Å². The van der Waals surface area contributed by atoms with Crippen molar-refractivity contribution in [2.75, 3.05) is 6.54 Å². The van der Waals surface area contributed by atoms with E-state index in [-0.39, 0.29) is 18.9 Å². The van der Waals surface area contributed by atoms with Crippen LogP contribution in [0.3, 0.4) is 0 Å². The van der Waals surface area contributed by atoms with Gasteiger partial charge in [-0.1, -0.05) is 12.1 Å². The van der Waals surface area contributed by atoms with Crippen molar-refractivity contribution < 1.29 is 19.6 Å². The number of aromatic nitrogens is 2. The van der Waals surface area contributed by atoms with Crippen molar-refractivity contribution >= 4 is 17.6 Å². The molecule has 0 bridgehead atoms. The molecular formula is C14H12N4O5. The van der Waals surface area contributed by atoms with Gasteiger partial charge in [0, 0.05) is 0 Å². The molecule has 1 aromatic carbocycles. The maximum atomic E-state index is 12.2. The lowest BCUT2D eigenvalue weighted by molar-refractivity contribution is -0.389. The SMILES string of the molecule is O=C1c2ccccc2C(=O)N1CC(O)Cn1cnc([N+](=O)[O-])c1.